The Kier molecular flexibility index (Phi) is 13.2. The summed E-state index contributed by atoms with van der Waals surface area (Å²) >= 11 is 0. The first-order valence-electron chi connectivity index (χ1n) is 17.3. The second kappa shape index (κ2) is 17.1. The summed E-state index contributed by atoms with van der Waals surface area (Å²) in [4.78, 5) is 27.8. The van der Waals surface area contributed by atoms with E-state index in [0.717, 1.165) is 60.8 Å². The third-order valence-electron chi connectivity index (χ3n) is 9.53. The zero-order chi connectivity index (χ0) is 34.7. The number of nitrogens with zero attached hydrogens (tertiary/aromatic N) is 1. The number of amides is 2. The molecule has 0 radical (unpaired) electrons. The Balaban J connectivity index is 1.59. The molecule has 2 N–H and O–H groups in total. The van der Waals surface area contributed by atoms with Gasteiger partial charge in [0.1, 0.15) is 11.4 Å². The minimum atomic E-state index is -0.594. The first-order chi connectivity index (χ1) is 23.0. The van der Waals surface area contributed by atoms with Crippen molar-refractivity contribution < 1.29 is 28.6 Å². The molecule has 1 fully saturated rings. The molecule has 1 aliphatic heterocycles. The number of carbonyl (C=O) groups is 2. The van der Waals surface area contributed by atoms with E-state index in [2.05, 4.69) is 30.4 Å². The molecular formula is C40H53FN2O5. The molecule has 8 heteroatoms. The second-order valence-electron chi connectivity index (χ2n) is 13.9. The first-order valence-corrected chi connectivity index (χ1v) is 17.3. The Labute approximate surface area is 285 Å². The zero-order valence-electron chi connectivity index (χ0n) is 29.3. The smallest absolute Gasteiger partial charge is 0.407 e. The quantitative estimate of drug-likeness (QED) is 0.171. The van der Waals surface area contributed by atoms with Gasteiger partial charge < -0.3 is 24.8 Å². The summed E-state index contributed by atoms with van der Waals surface area (Å²) in [6.07, 6.45) is 4.86. The van der Waals surface area contributed by atoms with Gasteiger partial charge in [0.25, 0.3) is 5.91 Å². The lowest BCUT2D eigenvalue weighted by molar-refractivity contribution is 0.0523. The number of alkyl carbamates (subject to hydrolysis) is 1. The van der Waals surface area contributed by atoms with E-state index in [4.69, 9.17) is 9.47 Å². The van der Waals surface area contributed by atoms with Crippen LogP contribution in [0.4, 0.5) is 9.18 Å². The fourth-order valence-electron chi connectivity index (χ4n) is 7.21. The molecule has 3 aromatic rings. The number of halogens is 1. The van der Waals surface area contributed by atoms with Crippen LogP contribution in [0, 0.1) is 11.7 Å². The van der Waals surface area contributed by atoms with E-state index in [1.54, 1.807) is 19.2 Å². The van der Waals surface area contributed by atoms with Crippen LogP contribution in [0.5, 0.6) is 0 Å². The summed E-state index contributed by atoms with van der Waals surface area (Å²) in [5.41, 5.74) is 3.86. The highest BCUT2D eigenvalue weighted by molar-refractivity contribution is 5.94. The number of carbonyl (C=O) groups excluding carboxylic acids is 2. The molecule has 0 aliphatic carbocycles. The maximum absolute atomic E-state index is 15.9. The Hall–Kier alpha value is -3.75. The molecule has 0 saturated carbocycles. The van der Waals surface area contributed by atoms with Gasteiger partial charge in [0, 0.05) is 56.5 Å². The van der Waals surface area contributed by atoms with Crippen LogP contribution in [0.3, 0.4) is 0 Å². The van der Waals surface area contributed by atoms with Crippen LogP contribution >= 0.6 is 0 Å². The van der Waals surface area contributed by atoms with Gasteiger partial charge in [-0.15, -0.1) is 0 Å². The van der Waals surface area contributed by atoms with E-state index in [-0.39, 0.29) is 30.8 Å². The SMILES string of the molecule is CCc1cccc(-c2c(F)cccc2C(CCO)(CCCCOC)C2CCN(C(=O)c3cccc(CNC(=O)OC(C)(C)C)c3)CC2)c1. The van der Waals surface area contributed by atoms with Crippen molar-refractivity contribution >= 4 is 12.0 Å². The number of benzene rings is 3. The summed E-state index contributed by atoms with van der Waals surface area (Å²) in [6, 6.07) is 20.8. The van der Waals surface area contributed by atoms with E-state index in [1.165, 1.54) is 6.07 Å². The van der Waals surface area contributed by atoms with E-state index >= 15 is 4.39 Å². The lowest BCUT2D eigenvalue weighted by Crippen LogP contribution is -2.46. The van der Waals surface area contributed by atoms with Gasteiger partial charge in [0.05, 0.1) is 0 Å². The molecule has 0 spiro atoms. The molecule has 1 heterocycles. The first kappa shape index (κ1) is 37.1. The molecule has 1 saturated heterocycles. The Morgan fingerprint density at radius 3 is 2.35 bits per heavy atom. The summed E-state index contributed by atoms with van der Waals surface area (Å²) in [5.74, 6) is -0.174. The van der Waals surface area contributed by atoms with Crippen LogP contribution in [0.15, 0.2) is 66.7 Å². The lowest BCUT2D eigenvalue weighted by Gasteiger charge is -2.46. The molecule has 0 aromatic heterocycles. The number of aliphatic hydroxyl groups excluding tert-OH is 1. The molecule has 48 heavy (non-hydrogen) atoms. The molecule has 1 aliphatic rings. The summed E-state index contributed by atoms with van der Waals surface area (Å²) in [7, 11) is 1.70. The number of hydrogen-bond acceptors (Lipinski definition) is 5. The number of ether oxygens (including phenoxy) is 2. The number of piperidine rings is 1. The molecule has 260 valence electrons. The van der Waals surface area contributed by atoms with Crippen molar-refractivity contribution in [3.63, 3.8) is 0 Å². The summed E-state index contributed by atoms with van der Waals surface area (Å²) < 4.78 is 26.6. The van der Waals surface area contributed by atoms with E-state index in [1.807, 2.05) is 56.0 Å². The van der Waals surface area contributed by atoms with Crippen molar-refractivity contribution in [1.29, 1.82) is 0 Å². The standard InChI is InChI=1S/C40H53FN2O5/c1-6-29-12-9-14-31(26-29)36-34(16-11-17-35(36)41)40(21-24-44,20-7-8-25-47-5)33-18-22-43(23-19-33)37(45)32-15-10-13-30(27-32)28-42-38(46)48-39(2,3)4/h9-17,26-27,33,44H,6-8,18-25,28H2,1-5H3,(H,42,46). The monoisotopic (exact) mass is 660 g/mol. The van der Waals surface area contributed by atoms with Crippen molar-refractivity contribution in [2.75, 3.05) is 33.4 Å². The van der Waals surface area contributed by atoms with Crippen LogP contribution < -0.4 is 5.32 Å². The van der Waals surface area contributed by atoms with Gasteiger partial charge in [0.15, 0.2) is 0 Å². The molecule has 2 amide bonds. The average molecular weight is 661 g/mol. The predicted octanol–water partition coefficient (Wildman–Crippen LogP) is 8.07. The van der Waals surface area contributed by atoms with Crippen molar-refractivity contribution in [2.24, 2.45) is 5.92 Å². The van der Waals surface area contributed by atoms with Gasteiger partial charge in [-0.2, -0.15) is 0 Å². The van der Waals surface area contributed by atoms with E-state index in [9.17, 15) is 14.7 Å². The third-order valence-corrected chi connectivity index (χ3v) is 9.53. The van der Waals surface area contributed by atoms with E-state index < -0.39 is 17.1 Å². The van der Waals surface area contributed by atoms with Crippen LogP contribution in [-0.4, -0.2) is 61.0 Å². The van der Waals surface area contributed by atoms with Crippen LogP contribution in [0.1, 0.15) is 93.3 Å². The topological polar surface area (TPSA) is 88.1 Å². The number of methoxy groups -OCH3 is 1. The number of likely N-dealkylation sites (tertiary alicyclic amines) is 1. The van der Waals surface area contributed by atoms with Crippen LogP contribution in [0.2, 0.25) is 0 Å². The van der Waals surface area contributed by atoms with Crippen molar-refractivity contribution in [2.45, 2.75) is 90.2 Å². The Bertz CT molecular complexity index is 1510. The second-order valence-corrected chi connectivity index (χ2v) is 13.9. The molecule has 7 nitrogen and oxygen atoms in total. The maximum atomic E-state index is 15.9. The Morgan fingerprint density at radius 2 is 1.67 bits per heavy atom. The molecule has 4 rings (SSSR count). The number of hydrogen-bond donors (Lipinski definition) is 2. The molecule has 0 bridgehead atoms. The van der Waals surface area contributed by atoms with Crippen LogP contribution in [0.25, 0.3) is 11.1 Å². The van der Waals surface area contributed by atoms with Crippen molar-refractivity contribution in [3.8, 4) is 11.1 Å². The third kappa shape index (κ3) is 9.44. The van der Waals surface area contributed by atoms with Crippen molar-refractivity contribution in [1.82, 2.24) is 10.2 Å². The van der Waals surface area contributed by atoms with Crippen LogP contribution in [-0.2, 0) is 27.9 Å². The summed E-state index contributed by atoms with van der Waals surface area (Å²) in [6.45, 7) is 9.53. The lowest BCUT2D eigenvalue weighted by atomic mass is 9.61. The minimum absolute atomic E-state index is 0.0154. The number of nitrogens with one attached hydrogen (secondary N) is 1. The molecule has 3 aromatic carbocycles. The number of unbranched alkanes of at least 4 members (excludes halogenated alkanes) is 1. The highest BCUT2D eigenvalue weighted by Crippen LogP contribution is 2.49. The van der Waals surface area contributed by atoms with Gasteiger partial charge in [-0.1, -0.05) is 61.9 Å². The fourth-order valence-corrected chi connectivity index (χ4v) is 7.21. The fraction of sp³-hybridized carbons (Fsp3) is 0.500. The number of aliphatic hydroxyl groups is 1. The predicted molar refractivity (Wildman–Crippen MR) is 188 cm³/mol. The highest BCUT2D eigenvalue weighted by atomic mass is 19.1. The number of aryl methyl sites for hydroxylation is 1. The normalized spacial score (nSPS) is 15.2. The van der Waals surface area contributed by atoms with Gasteiger partial charge in [0.2, 0.25) is 0 Å². The van der Waals surface area contributed by atoms with Gasteiger partial charge in [-0.25, -0.2) is 9.18 Å². The largest absolute Gasteiger partial charge is 0.444 e. The van der Waals surface area contributed by atoms with Gasteiger partial charge >= 0.3 is 6.09 Å². The minimum Gasteiger partial charge on any atom is -0.444 e. The van der Waals surface area contributed by atoms with Gasteiger partial charge in [-0.05, 0) is 106 Å². The molecule has 1 atom stereocenters. The average Bonchev–Trinajstić information content (AvgIpc) is 3.08. The van der Waals surface area contributed by atoms with E-state index in [0.29, 0.717) is 37.2 Å². The maximum Gasteiger partial charge on any atom is 0.407 e. The Morgan fingerprint density at radius 1 is 0.958 bits per heavy atom. The highest BCUT2D eigenvalue weighted by Gasteiger charge is 2.43. The molecular weight excluding hydrogens is 607 g/mol. The summed E-state index contributed by atoms with van der Waals surface area (Å²) in [5, 5.41) is 13.3. The zero-order valence-corrected chi connectivity index (χ0v) is 29.3. The molecule has 1 unspecified atom stereocenters. The van der Waals surface area contributed by atoms with Gasteiger partial charge in [-0.3, -0.25) is 4.79 Å². The van der Waals surface area contributed by atoms with Crippen molar-refractivity contribution in [3.05, 3.63) is 94.8 Å². The number of rotatable bonds is 14.